The summed E-state index contributed by atoms with van der Waals surface area (Å²) in [5, 5.41) is 0. The molecule has 0 spiro atoms. The van der Waals surface area contributed by atoms with E-state index in [4.69, 9.17) is 10.6 Å². The van der Waals surface area contributed by atoms with Crippen molar-refractivity contribution in [2.75, 3.05) is 0 Å². The lowest BCUT2D eigenvalue weighted by molar-refractivity contribution is 0.0952. The fourth-order valence-electron chi connectivity index (χ4n) is 1.91. The Bertz CT molecular complexity index is 707. The molecule has 0 saturated heterocycles. The van der Waals surface area contributed by atoms with Crippen LogP contribution in [0.3, 0.4) is 0 Å². The molecule has 110 valence electrons. The molecule has 6 heteroatoms. The van der Waals surface area contributed by atoms with E-state index in [1.165, 1.54) is 6.07 Å². The minimum Gasteiger partial charge on any atom is -0.491 e. The summed E-state index contributed by atoms with van der Waals surface area (Å²) in [6.07, 6.45) is 0.0647. The number of amides is 1. The topological polar surface area (TPSA) is 97.2 Å². The van der Waals surface area contributed by atoms with Gasteiger partial charge in [0.2, 0.25) is 0 Å². The Labute approximate surface area is 121 Å². The van der Waals surface area contributed by atoms with Gasteiger partial charge in [-0.2, -0.15) is 0 Å². The number of H-pyrrole nitrogens is 1. The molecular weight excluding hydrogens is 270 g/mol. The van der Waals surface area contributed by atoms with E-state index < -0.39 is 11.5 Å². The second kappa shape index (κ2) is 6.23. The van der Waals surface area contributed by atoms with Crippen LogP contribution in [0.15, 0.2) is 41.2 Å². The number of hydrogen-bond donors (Lipinski definition) is 3. The van der Waals surface area contributed by atoms with Gasteiger partial charge in [-0.25, -0.2) is 5.84 Å². The zero-order valence-electron chi connectivity index (χ0n) is 11.8. The van der Waals surface area contributed by atoms with Gasteiger partial charge in [0.15, 0.2) is 0 Å². The molecule has 1 amide bonds. The highest BCUT2D eigenvalue weighted by molar-refractivity contribution is 5.93. The van der Waals surface area contributed by atoms with Crippen LogP contribution in [-0.4, -0.2) is 17.0 Å². The van der Waals surface area contributed by atoms with Gasteiger partial charge < -0.3 is 9.72 Å². The van der Waals surface area contributed by atoms with Crippen molar-refractivity contribution in [1.29, 1.82) is 0 Å². The summed E-state index contributed by atoms with van der Waals surface area (Å²) in [4.78, 5) is 25.9. The van der Waals surface area contributed by atoms with Crippen LogP contribution < -0.4 is 21.6 Å². The van der Waals surface area contributed by atoms with E-state index >= 15 is 0 Å². The fraction of sp³-hybridized carbons (Fsp3) is 0.200. The quantitative estimate of drug-likeness (QED) is 0.450. The van der Waals surface area contributed by atoms with Crippen molar-refractivity contribution >= 4 is 5.91 Å². The maximum atomic E-state index is 11.9. The third-order valence-corrected chi connectivity index (χ3v) is 2.80. The van der Waals surface area contributed by atoms with E-state index in [0.29, 0.717) is 11.4 Å². The lowest BCUT2D eigenvalue weighted by Gasteiger charge is -2.11. The predicted octanol–water partition coefficient (Wildman–Crippen LogP) is 1.43. The van der Waals surface area contributed by atoms with Gasteiger partial charge in [0.1, 0.15) is 11.3 Å². The number of benzene rings is 1. The van der Waals surface area contributed by atoms with Crippen LogP contribution in [0.5, 0.6) is 5.75 Å². The highest BCUT2D eigenvalue weighted by Gasteiger charge is 2.10. The van der Waals surface area contributed by atoms with Crippen LogP contribution in [0.25, 0.3) is 11.3 Å². The smallest absolute Gasteiger partial charge is 0.270 e. The molecule has 1 aromatic carbocycles. The van der Waals surface area contributed by atoms with E-state index in [-0.39, 0.29) is 11.7 Å². The summed E-state index contributed by atoms with van der Waals surface area (Å²) < 4.78 is 5.61. The molecule has 21 heavy (non-hydrogen) atoms. The molecular formula is C15H17N3O3. The Kier molecular flexibility index (Phi) is 4.39. The Morgan fingerprint density at radius 1 is 1.29 bits per heavy atom. The lowest BCUT2D eigenvalue weighted by Crippen LogP contribution is -2.34. The van der Waals surface area contributed by atoms with Crippen LogP contribution >= 0.6 is 0 Å². The Morgan fingerprint density at radius 3 is 2.67 bits per heavy atom. The standard InChI is InChI=1S/C15H17N3O3/c1-9(2)21-11-5-3-4-10(8-11)13-7-6-12(14(19)17-13)15(20)18-16/h3-9H,16H2,1-2H3,(H,17,19)(H,18,20). The number of aromatic amines is 1. The summed E-state index contributed by atoms with van der Waals surface area (Å²) in [5.41, 5.74) is 2.80. The summed E-state index contributed by atoms with van der Waals surface area (Å²) in [5.74, 6) is 5.11. The molecule has 0 unspecified atom stereocenters. The second-order valence-corrected chi connectivity index (χ2v) is 4.78. The van der Waals surface area contributed by atoms with Crippen molar-refractivity contribution in [1.82, 2.24) is 10.4 Å². The number of nitrogens with one attached hydrogen (secondary N) is 2. The number of carbonyl (C=O) groups is 1. The van der Waals surface area contributed by atoms with Gasteiger partial charge in [-0.15, -0.1) is 0 Å². The molecule has 0 atom stereocenters. The number of carbonyl (C=O) groups excluding carboxylic acids is 1. The second-order valence-electron chi connectivity index (χ2n) is 4.78. The van der Waals surface area contributed by atoms with Crippen LogP contribution in [0.1, 0.15) is 24.2 Å². The normalized spacial score (nSPS) is 10.5. The van der Waals surface area contributed by atoms with Crippen LogP contribution in [0, 0.1) is 0 Å². The Morgan fingerprint density at radius 2 is 2.05 bits per heavy atom. The molecule has 0 aliphatic rings. The Balaban J connectivity index is 2.37. The third-order valence-electron chi connectivity index (χ3n) is 2.80. The lowest BCUT2D eigenvalue weighted by atomic mass is 10.1. The molecule has 0 bridgehead atoms. The average Bonchev–Trinajstić information content (AvgIpc) is 2.46. The maximum Gasteiger partial charge on any atom is 0.270 e. The van der Waals surface area contributed by atoms with Gasteiger partial charge in [-0.05, 0) is 38.1 Å². The van der Waals surface area contributed by atoms with Gasteiger partial charge >= 0.3 is 0 Å². The van der Waals surface area contributed by atoms with Crippen molar-refractivity contribution in [3.8, 4) is 17.0 Å². The first-order chi connectivity index (χ1) is 10.0. The minimum atomic E-state index is -0.625. The summed E-state index contributed by atoms with van der Waals surface area (Å²) in [7, 11) is 0. The largest absolute Gasteiger partial charge is 0.491 e. The molecule has 4 N–H and O–H groups in total. The van der Waals surface area contributed by atoms with Gasteiger partial charge in [0.25, 0.3) is 11.5 Å². The van der Waals surface area contributed by atoms with E-state index in [1.807, 2.05) is 43.5 Å². The number of ether oxygens (including phenoxy) is 1. The first-order valence-corrected chi connectivity index (χ1v) is 6.52. The summed E-state index contributed by atoms with van der Waals surface area (Å²) >= 11 is 0. The molecule has 2 rings (SSSR count). The zero-order chi connectivity index (χ0) is 15.4. The first-order valence-electron chi connectivity index (χ1n) is 6.52. The van der Waals surface area contributed by atoms with Crippen molar-refractivity contribution in [3.05, 3.63) is 52.3 Å². The molecule has 0 saturated carbocycles. The molecule has 6 nitrogen and oxygen atoms in total. The van der Waals surface area contributed by atoms with E-state index in [9.17, 15) is 9.59 Å². The number of nitrogen functional groups attached to an aromatic ring is 1. The zero-order valence-corrected chi connectivity index (χ0v) is 11.8. The van der Waals surface area contributed by atoms with E-state index in [2.05, 4.69) is 4.98 Å². The van der Waals surface area contributed by atoms with Crippen molar-refractivity contribution in [2.24, 2.45) is 5.84 Å². The van der Waals surface area contributed by atoms with Gasteiger partial charge in [0, 0.05) is 11.3 Å². The van der Waals surface area contributed by atoms with Crippen LogP contribution in [0.4, 0.5) is 0 Å². The summed E-state index contributed by atoms with van der Waals surface area (Å²) in [6.45, 7) is 3.88. The molecule has 2 aromatic rings. The molecule has 1 heterocycles. The first kappa shape index (κ1) is 14.8. The van der Waals surface area contributed by atoms with Crippen molar-refractivity contribution in [2.45, 2.75) is 20.0 Å². The van der Waals surface area contributed by atoms with E-state index in [1.54, 1.807) is 6.07 Å². The molecule has 1 aromatic heterocycles. The Hall–Kier alpha value is -2.60. The number of hydrogen-bond acceptors (Lipinski definition) is 4. The third kappa shape index (κ3) is 3.49. The highest BCUT2D eigenvalue weighted by Crippen LogP contribution is 2.22. The SMILES string of the molecule is CC(C)Oc1cccc(-c2ccc(C(=O)NN)c(=O)[nH]2)c1. The van der Waals surface area contributed by atoms with Crippen LogP contribution in [0.2, 0.25) is 0 Å². The number of rotatable bonds is 4. The monoisotopic (exact) mass is 287 g/mol. The number of hydrazine groups is 1. The molecule has 0 radical (unpaired) electrons. The van der Waals surface area contributed by atoms with Gasteiger partial charge in [-0.3, -0.25) is 15.0 Å². The predicted molar refractivity (Wildman–Crippen MR) is 79.9 cm³/mol. The van der Waals surface area contributed by atoms with Gasteiger partial charge in [-0.1, -0.05) is 12.1 Å². The highest BCUT2D eigenvalue weighted by atomic mass is 16.5. The van der Waals surface area contributed by atoms with Gasteiger partial charge in [0.05, 0.1) is 6.10 Å². The number of aromatic nitrogens is 1. The van der Waals surface area contributed by atoms with Crippen LogP contribution in [-0.2, 0) is 0 Å². The maximum absolute atomic E-state index is 11.9. The van der Waals surface area contributed by atoms with E-state index in [0.717, 1.165) is 5.56 Å². The molecule has 0 aliphatic carbocycles. The molecule has 0 fully saturated rings. The fourth-order valence-corrected chi connectivity index (χ4v) is 1.91. The number of nitrogens with two attached hydrogens (primary N) is 1. The van der Waals surface area contributed by atoms with Crippen molar-refractivity contribution in [3.63, 3.8) is 0 Å². The minimum absolute atomic E-state index is 0.0316. The molecule has 0 aliphatic heterocycles. The average molecular weight is 287 g/mol. The summed E-state index contributed by atoms with van der Waals surface area (Å²) in [6, 6.07) is 10.4. The number of pyridine rings is 1. The van der Waals surface area contributed by atoms with Crippen molar-refractivity contribution < 1.29 is 9.53 Å².